The van der Waals surface area contributed by atoms with Crippen molar-refractivity contribution in [2.45, 2.75) is 84.8 Å². The predicted molar refractivity (Wildman–Crippen MR) is 332 cm³/mol. The molecule has 0 atom stereocenters. The second kappa shape index (κ2) is 24.8. The minimum atomic E-state index is -4.33. The maximum absolute atomic E-state index is 14.1. The molecule has 438 valence electrons. The molecular formula is C65H78ClN9O7S. The number of nitro benzene ring substituents is 1. The number of benzene rings is 4. The number of nitrogens with one attached hydrogen (secondary N) is 3. The topological polar surface area (TPSA) is 179 Å². The van der Waals surface area contributed by atoms with Crippen LogP contribution in [0, 0.1) is 26.9 Å². The number of piperazine rings is 2. The van der Waals surface area contributed by atoms with E-state index in [-0.39, 0.29) is 28.0 Å². The predicted octanol–water partition coefficient (Wildman–Crippen LogP) is 12.6. The second-order valence-corrected chi connectivity index (χ2v) is 27.2. The molecule has 6 aromatic rings. The van der Waals surface area contributed by atoms with E-state index in [1.165, 1.54) is 58.2 Å². The number of hydrogen-bond acceptors (Lipinski definition) is 13. The summed E-state index contributed by atoms with van der Waals surface area (Å²) >= 11 is 6.30. The zero-order valence-corrected chi connectivity index (χ0v) is 49.9. The molecular weight excluding hydrogens is 1090 g/mol. The molecule has 0 radical (unpaired) electrons. The standard InChI is InChI=1S/C65H78ClN9O7S/c1-64(2)22-17-50(57(38-64)47-6-10-52(66)11-7-47)42-71-25-29-73(30-26-71)53-12-8-48(9-13-53)58-39-65(3,4)23-18-51(58)43-72-27-31-74(32-28-72)54-14-15-56(61(37-54)82-55-36-49-19-24-67-62(49)69-41-55)63(76)70-83(79,80)44-46-5-16-59(60(35-46)75(77)78)68-40-45-20-33-81-34-21-45/h5-16,19,24,35-37,41,45,68H,17-18,20-23,25-34,38-40,42-44H2,1-4H3,(H,67,69)(H,70,76). The first-order valence-corrected chi connectivity index (χ1v) is 31.5. The Morgan fingerprint density at radius 3 is 1.98 bits per heavy atom. The monoisotopic (exact) mass is 1160 g/mol. The third-order valence-electron chi connectivity index (χ3n) is 17.7. The van der Waals surface area contributed by atoms with Crippen molar-refractivity contribution in [3.63, 3.8) is 0 Å². The molecule has 2 aromatic heterocycles. The fourth-order valence-electron chi connectivity index (χ4n) is 12.7. The van der Waals surface area contributed by atoms with Gasteiger partial charge in [0, 0.05) is 125 Å². The zero-order valence-electron chi connectivity index (χ0n) is 48.4. The fraction of sp³-hybridized carbons (Fsp3) is 0.446. The van der Waals surface area contributed by atoms with E-state index in [9.17, 15) is 23.3 Å². The highest BCUT2D eigenvalue weighted by molar-refractivity contribution is 7.89. The Hall–Kier alpha value is -6.76. The number of halogens is 1. The number of rotatable bonds is 18. The number of ether oxygens (including phenoxy) is 2. The maximum atomic E-state index is 14.1. The van der Waals surface area contributed by atoms with Crippen molar-refractivity contribution in [3.05, 3.63) is 158 Å². The molecule has 0 unspecified atom stereocenters. The second-order valence-electron chi connectivity index (χ2n) is 25.0. The number of fused-ring (bicyclic) bond motifs is 1. The summed E-state index contributed by atoms with van der Waals surface area (Å²) in [6.07, 6.45) is 11.7. The van der Waals surface area contributed by atoms with E-state index in [0.29, 0.717) is 48.2 Å². The van der Waals surface area contributed by atoms with Crippen LogP contribution in [0.2, 0.25) is 5.02 Å². The van der Waals surface area contributed by atoms with Crippen LogP contribution in [0.5, 0.6) is 11.5 Å². The number of sulfonamides is 1. The van der Waals surface area contributed by atoms with Crippen LogP contribution in [0.15, 0.2) is 121 Å². The summed E-state index contributed by atoms with van der Waals surface area (Å²) < 4.78 is 41.4. The Morgan fingerprint density at radius 2 is 1.36 bits per heavy atom. The van der Waals surface area contributed by atoms with E-state index in [1.54, 1.807) is 36.2 Å². The van der Waals surface area contributed by atoms with Gasteiger partial charge in [0.05, 0.1) is 22.4 Å². The van der Waals surface area contributed by atoms with Gasteiger partial charge in [-0.15, -0.1) is 0 Å². The van der Waals surface area contributed by atoms with Crippen LogP contribution in [0.25, 0.3) is 22.2 Å². The van der Waals surface area contributed by atoms with E-state index >= 15 is 0 Å². The molecule has 16 nitrogen and oxygen atoms in total. The van der Waals surface area contributed by atoms with E-state index < -0.39 is 26.6 Å². The number of aromatic nitrogens is 2. The third-order valence-corrected chi connectivity index (χ3v) is 19.1. The minimum absolute atomic E-state index is 0.0102. The first kappa shape index (κ1) is 58.0. The van der Waals surface area contributed by atoms with Gasteiger partial charge in [-0.25, -0.2) is 18.1 Å². The van der Waals surface area contributed by atoms with Crippen molar-refractivity contribution in [3.8, 4) is 11.5 Å². The number of pyridine rings is 1. The van der Waals surface area contributed by atoms with Crippen molar-refractivity contribution in [1.29, 1.82) is 0 Å². The van der Waals surface area contributed by atoms with Gasteiger partial charge in [0.2, 0.25) is 10.0 Å². The molecule has 0 bridgehead atoms. The zero-order chi connectivity index (χ0) is 57.9. The normalized spacial score (nSPS) is 19.3. The van der Waals surface area contributed by atoms with Gasteiger partial charge in [0.1, 0.15) is 22.8 Å². The van der Waals surface area contributed by atoms with E-state index in [4.69, 9.17) is 21.1 Å². The van der Waals surface area contributed by atoms with Crippen LogP contribution in [0.1, 0.15) is 106 Å². The van der Waals surface area contributed by atoms with Gasteiger partial charge in [-0.05, 0) is 151 Å². The van der Waals surface area contributed by atoms with Gasteiger partial charge < -0.3 is 29.6 Å². The molecule has 18 heteroatoms. The minimum Gasteiger partial charge on any atom is -0.455 e. The number of allylic oxidation sites excluding steroid dienone is 2. The average molecular weight is 1160 g/mol. The molecule has 2 aliphatic carbocycles. The van der Waals surface area contributed by atoms with Crippen molar-refractivity contribution in [1.82, 2.24) is 24.5 Å². The number of amides is 1. The molecule has 11 rings (SSSR count). The van der Waals surface area contributed by atoms with E-state index in [2.05, 4.69) is 104 Å². The summed E-state index contributed by atoms with van der Waals surface area (Å²) in [6.45, 7) is 20.6. The number of carbonyl (C=O) groups is 1. The van der Waals surface area contributed by atoms with Crippen LogP contribution in [0.4, 0.5) is 22.7 Å². The number of anilines is 3. The van der Waals surface area contributed by atoms with Crippen LogP contribution in [-0.2, 0) is 20.5 Å². The average Bonchev–Trinajstić information content (AvgIpc) is 4.14. The first-order chi connectivity index (χ1) is 39.9. The largest absolute Gasteiger partial charge is 0.455 e. The summed E-state index contributed by atoms with van der Waals surface area (Å²) in [5.74, 6) is -0.690. The highest BCUT2D eigenvalue weighted by Crippen LogP contribution is 2.45. The number of nitrogens with zero attached hydrogens (tertiary/aromatic N) is 6. The Balaban J connectivity index is 0.738. The lowest BCUT2D eigenvalue weighted by molar-refractivity contribution is -0.384. The van der Waals surface area contributed by atoms with E-state index in [1.807, 2.05) is 24.3 Å². The number of nitro groups is 1. The molecule has 5 aliphatic rings. The van der Waals surface area contributed by atoms with Crippen molar-refractivity contribution < 1.29 is 27.6 Å². The number of hydrogen-bond donors (Lipinski definition) is 3. The maximum Gasteiger partial charge on any atom is 0.292 e. The lowest BCUT2D eigenvalue weighted by Crippen LogP contribution is -2.47. The lowest BCUT2D eigenvalue weighted by atomic mass is 9.72. The molecule has 1 amide bonds. The van der Waals surface area contributed by atoms with Crippen LogP contribution < -0.4 is 24.6 Å². The lowest BCUT2D eigenvalue weighted by Gasteiger charge is -2.40. The van der Waals surface area contributed by atoms with Gasteiger partial charge in [-0.1, -0.05) is 80.8 Å². The quantitative estimate of drug-likeness (QED) is 0.0547. The number of H-pyrrole nitrogens is 1. The molecule has 3 saturated heterocycles. The molecule has 83 heavy (non-hydrogen) atoms. The summed E-state index contributed by atoms with van der Waals surface area (Å²) in [6, 6.07) is 31.0. The highest BCUT2D eigenvalue weighted by Gasteiger charge is 2.33. The molecule has 5 heterocycles. The first-order valence-electron chi connectivity index (χ1n) is 29.5. The van der Waals surface area contributed by atoms with Gasteiger partial charge in [-0.2, -0.15) is 0 Å². The van der Waals surface area contributed by atoms with Gasteiger partial charge in [-0.3, -0.25) is 24.7 Å². The van der Waals surface area contributed by atoms with E-state index in [0.717, 1.165) is 126 Å². The highest BCUT2D eigenvalue weighted by atomic mass is 35.5. The smallest absolute Gasteiger partial charge is 0.292 e. The molecule has 0 spiro atoms. The Labute approximate surface area is 493 Å². The number of carbonyl (C=O) groups excluding carboxylic acids is 1. The van der Waals surface area contributed by atoms with Gasteiger partial charge in [0.15, 0.2) is 0 Å². The summed E-state index contributed by atoms with van der Waals surface area (Å²) in [7, 11) is -4.33. The molecule has 3 N–H and O–H groups in total. The molecule has 3 aliphatic heterocycles. The number of aromatic amines is 1. The SMILES string of the molecule is CC1(C)CCC(CN2CCN(c3ccc(C4=C(CN5CCN(c6ccc(C(=O)NS(=O)(=O)Cc7ccc(NCC8CCOCC8)c([N+](=O)[O-])c7)c(Oc7cnc8[nH]ccc8c7)c6)CC5)CCC(C)(C)C4)cc3)CC2)=C(c2ccc(Cl)cc2)C1. The summed E-state index contributed by atoms with van der Waals surface area (Å²) in [5, 5.41) is 16.9. The summed E-state index contributed by atoms with van der Waals surface area (Å²) in [5.41, 5.74) is 12.2. The van der Waals surface area contributed by atoms with Gasteiger partial charge >= 0.3 is 0 Å². The summed E-state index contributed by atoms with van der Waals surface area (Å²) in [4.78, 5) is 43.2. The van der Waals surface area contributed by atoms with Crippen LogP contribution in [0.3, 0.4) is 0 Å². The van der Waals surface area contributed by atoms with Crippen LogP contribution >= 0.6 is 11.6 Å². The van der Waals surface area contributed by atoms with Crippen molar-refractivity contribution in [2.24, 2.45) is 16.7 Å². The Kier molecular flexibility index (Phi) is 17.4. The van der Waals surface area contributed by atoms with Crippen LogP contribution in [-0.4, -0.2) is 124 Å². The molecule has 3 fully saturated rings. The Morgan fingerprint density at radius 1 is 0.771 bits per heavy atom. The van der Waals surface area contributed by atoms with Crippen molar-refractivity contribution >= 4 is 72.5 Å². The molecule has 0 saturated carbocycles. The Bertz CT molecular complexity index is 3500. The fourth-order valence-corrected chi connectivity index (χ4v) is 13.9. The third kappa shape index (κ3) is 14.4. The molecule has 4 aromatic carbocycles. The van der Waals surface area contributed by atoms with Gasteiger partial charge in [0.25, 0.3) is 11.6 Å². The van der Waals surface area contributed by atoms with Crippen molar-refractivity contribution in [2.75, 3.05) is 100 Å².